The molecular formula is C16H16F4N2O2. The zero-order chi connectivity index (χ0) is 17.7. The Kier molecular flexibility index (Phi) is 5.61. The molecule has 0 aliphatic rings. The van der Waals surface area contributed by atoms with Gasteiger partial charge in [-0.2, -0.15) is 13.2 Å². The van der Waals surface area contributed by atoms with Crippen LogP contribution in [-0.2, 0) is 6.18 Å². The van der Waals surface area contributed by atoms with Gasteiger partial charge in [0.15, 0.2) is 11.6 Å². The number of ether oxygens (including phenoxy) is 2. The molecule has 0 bridgehead atoms. The average Bonchev–Trinajstić information content (AvgIpc) is 2.51. The Morgan fingerprint density at radius 2 is 1.83 bits per heavy atom. The summed E-state index contributed by atoms with van der Waals surface area (Å²) in [6.07, 6.45) is -1.41. The van der Waals surface area contributed by atoms with Gasteiger partial charge in [0.25, 0.3) is 0 Å². The zero-order valence-electron chi connectivity index (χ0n) is 12.8. The van der Waals surface area contributed by atoms with Gasteiger partial charge in [-0.15, -0.1) is 0 Å². The van der Waals surface area contributed by atoms with Gasteiger partial charge < -0.3 is 15.2 Å². The number of hydrogen-bond acceptors (Lipinski definition) is 4. The Labute approximate surface area is 136 Å². The van der Waals surface area contributed by atoms with Crippen molar-refractivity contribution in [3.05, 3.63) is 53.6 Å². The molecule has 0 fully saturated rings. The third kappa shape index (κ3) is 5.09. The van der Waals surface area contributed by atoms with Crippen molar-refractivity contribution < 1.29 is 27.0 Å². The fourth-order valence-corrected chi connectivity index (χ4v) is 1.84. The Bertz CT molecular complexity index is 692. The summed E-state index contributed by atoms with van der Waals surface area (Å²) in [5, 5.41) is 0. The molecule has 0 amide bonds. The van der Waals surface area contributed by atoms with Crippen molar-refractivity contribution in [2.45, 2.75) is 19.1 Å². The molecule has 24 heavy (non-hydrogen) atoms. The van der Waals surface area contributed by atoms with Crippen LogP contribution >= 0.6 is 0 Å². The summed E-state index contributed by atoms with van der Waals surface area (Å²) in [6, 6.07) is 3.06. The van der Waals surface area contributed by atoms with Gasteiger partial charge in [0, 0.05) is 6.20 Å². The van der Waals surface area contributed by atoms with E-state index in [2.05, 4.69) is 4.98 Å². The van der Waals surface area contributed by atoms with E-state index < -0.39 is 29.3 Å². The number of aryl methyl sites for hydroxylation is 1. The van der Waals surface area contributed by atoms with E-state index in [1.165, 1.54) is 6.20 Å². The molecule has 0 spiro atoms. The van der Waals surface area contributed by atoms with Gasteiger partial charge in [-0.3, -0.25) is 4.98 Å². The third-order valence-corrected chi connectivity index (χ3v) is 3.03. The van der Waals surface area contributed by atoms with Crippen LogP contribution in [0.3, 0.4) is 0 Å². The van der Waals surface area contributed by atoms with Crippen molar-refractivity contribution in [2.75, 3.05) is 13.2 Å². The number of benzene rings is 1. The summed E-state index contributed by atoms with van der Waals surface area (Å²) in [7, 11) is 0. The minimum absolute atomic E-state index is 0.0473. The highest BCUT2D eigenvalue weighted by atomic mass is 19.4. The number of hydrogen-bond donors (Lipinski definition) is 1. The smallest absolute Gasteiger partial charge is 0.416 e. The van der Waals surface area contributed by atoms with Crippen LogP contribution in [0.25, 0.3) is 0 Å². The van der Waals surface area contributed by atoms with E-state index >= 15 is 0 Å². The van der Waals surface area contributed by atoms with Crippen LogP contribution in [0.15, 0.2) is 36.7 Å². The molecule has 8 heteroatoms. The van der Waals surface area contributed by atoms with Gasteiger partial charge in [0.1, 0.15) is 19.0 Å². The van der Waals surface area contributed by atoms with Crippen LogP contribution in [-0.4, -0.2) is 24.2 Å². The fourth-order valence-electron chi connectivity index (χ4n) is 1.84. The van der Waals surface area contributed by atoms with Crippen molar-refractivity contribution in [3.63, 3.8) is 0 Å². The Hall–Kier alpha value is -2.35. The van der Waals surface area contributed by atoms with Gasteiger partial charge >= 0.3 is 6.18 Å². The highest BCUT2D eigenvalue weighted by molar-refractivity contribution is 5.32. The zero-order valence-corrected chi connectivity index (χ0v) is 12.8. The molecule has 0 aliphatic heterocycles. The van der Waals surface area contributed by atoms with Crippen LogP contribution < -0.4 is 15.2 Å². The van der Waals surface area contributed by atoms with Gasteiger partial charge in [-0.25, -0.2) is 4.39 Å². The van der Waals surface area contributed by atoms with Crippen LogP contribution in [0.1, 0.15) is 11.1 Å². The quantitative estimate of drug-likeness (QED) is 0.817. The highest BCUT2D eigenvalue weighted by Gasteiger charge is 2.31. The van der Waals surface area contributed by atoms with E-state index in [1.807, 2.05) is 6.92 Å². The molecule has 1 aromatic carbocycles. The Balaban J connectivity index is 1.90. The van der Waals surface area contributed by atoms with Crippen molar-refractivity contribution >= 4 is 0 Å². The molecule has 2 rings (SSSR count). The normalized spacial score (nSPS) is 12.8. The number of halogens is 4. The number of nitrogens with zero attached hydrogens (tertiary/aromatic N) is 1. The monoisotopic (exact) mass is 344 g/mol. The molecule has 2 N–H and O–H groups in total. The number of nitrogens with two attached hydrogens (primary N) is 1. The van der Waals surface area contributed by atoms with Crippen molar-refractivity contribution in [1.82, 2.24) is 4.98 Å². The van der Waals surface area contributed by atoms with Gasteiger partial charge in [-0.05, 0) is 36.8 Å². The summed E-state index contributed by atoms with van der Waals surface area (Å²) < 4.78 is 61.8. The number of aromatic nitrogens is 1. The van der Waals surface area contributed by atoms with E-state index in [-0.39, 0.29) is 13.2 Å². The highest BCUT2D eigenvalue weighted by Crippen LogP contribution is 2.32. The summed E-state index contributed by atoms with van der Waals surface area (Å²) in [5.41, 5.74) is 5.68. The molecular weight excluding hydrogens is 328 g/mol. The van der Waals surface area contributed by atoms with Crippen LogP contribution in [0.5, 0.6) is 11.5 Å². The molecule has 1 atom stereocenters. The Morgan fingerprint density at radius 3 is 2.50 bits per heavy atom. The fraction of sp³-hybridized carbons (Fsp3) is 0.312. The summed E-state index contributed by atoms with van der Waals surface area (Å²) in [4.78, 5) is 3.95. The standard InChI is InChI=1S/C16H16F4N2O2/c1-10-4-13(7-22-6-10)23-8-12(21)9-24-15-5-11(16(18,19)20)2-3-14(15)17/h2-7,12H,8-9,21H2,1H3. The van der Waals surface area contributed by atoms with E-state index in [0.717, 1.165) is 5.56 Å². The molecule has 1 heterocycles. The number of rotatable bonds is 6. The predicted octanol–water partition coefficient (Wildman–Crippen LogP) is 3.33. The molecule has 1 aromatic heterocycles. The lowest BCUT2D eigenvalue weighted by Gasteiger charge is -2.16. The second-order valence-corrected chi connectivity index (χ2v) is 5.22. The van der Waals surface area contributed by atoms with Gasteiger partial charge in [0.2, 0.25) is 0 Å². The second-order valence-electron chi connectivity index (χ2n) is 5.22. The van der Waals surface area contributed by atoms with Crippen molar-refractivity contribution in [3.8, 4) is 11.5 Å². The third-order valence-electron chi connectivity index (χ3n) is 3.03. The minimum atomic E-state index is -4.57. The number of pyridine rings is 1. The van der Waals surface area contributed by atoms with E-state index in [4.69, 9.17) is 15.2 Å². The molecule has 0 saturated heterocycles. The maximum Gasteiger partial charge on any atom is 0.416 e. The first-order chi connectivity index (χ1) is 11.3. The summed E-state index contributed by atoms with van der Waals surface area (Å²) in [6.45, 7) is 1.70. The first kappa shape index (κ1) is 18.0. The van der Waals surface area contributed by atoms with Crippen molar-refractivity contribution in [2.24, 2.45) is 5.73 Å². The molecule has 0 radical (unpaired) electrons. The first-order valence-corrected chi connectivity index (χ1v) is 7.05. The second kappa shape index (κ2) is 7.48. The van der Waals surface area contributed by atoms with Crippen LogP contribution in [0.4, 0.5) is 17.6 Å². The van der Waals surface area contributed by atoms with Gasteiger partial charge in [-0.1, -0.05) is 0 Å². The molecule has 0 saturated carbocycles. The Morgan fingerprint density at radius 1 is 1.12 bits per heavy atom. The molecule has 1 unspecified atom stereocenters. The SMILES string of the molecule is Cc1cncc(OCC(N)COc2cc(C(F)(F)F)ccc2F)c1. The largest absolute Gasteiger partial charge is 0.490 e. The minimum Gasteiger partial charge on any atom is -0.490 e. The average molecular weight is 344 g/mol. The number of alkyl halides is 3. The lowest BCUT2D eigenvalue weighted by Crippen LogP contribution is -2.34. The van der Waals surface area contributed by atoms with E-state index in [9.17, 15) is 17.6 Å². The summed E-state index contributed by atoms with van der Waals surface area (Å²) >= 11 is 0. The predicted molar refractivity (Wildman–Crippen MR) is 79.3 cm³/mol. The maximum absolute atomic E-state index is 13.5. The van der Waals surface area contributed by atoms with Crippen LogP contribution in [0.2, 0.25) is 0 Å². The van der Waals surface area contributed by atoms with Gasteiger partial charge in [0.05, 0.1) is 17.8 Å². The molecule has 4 nitrogen and oxygen atoms in total. The molecule has 130 valence electrons. The summed E-state index contributed by atoms with van der Waals surface area (Å²) in [5.74, 6) is -0.882. The van der Waals surface area contributed by atoms with Crippen molar-refractivity contribution in [1.29, 1.82) is 0 Å². The lowest BCUT2D eigenvalue weighted by atomic mass is 10.2. The molecule has 0 aliphatic carbocycles. The molecule has 2 aromatic rings. The topological polar surface area (TPSA) is 57.4 Å². The van der Waals surface area contributed by atoms with Crippen LogP contribution in [0, 0.1) is 12.7 Å². The lowest BCUT2D eigenvalue weighted by molar-refractivity contribution is -0.137. The van der Waals surface area contributed by atoms with E-state index in [1.54, 1.807) is 12.3 Å². The van der Waals surface area contributed by atoms with E-state index in [0.29, 0.717) is 23.9 Å². The first-order valence-electron chi connectivity index (χ1n) is 7.05. The maximum atomic E-state index is 13.5.